The third-order valence-corrected chi connectivity index (χ3v) is 2.23. The maximum atomic E-state index is 11.6. The van der Waals surface area contributed by atoms with E-state index in [1.807, 2.05) is 24.3 Å². The Morgan fingerprint density at radius 3 is 3.07 bits per heavy atom. The molecule has 0 bridgehead atoms. The number of aromatic nitrogens is 2. The normalized spacial score (nSPS) is 10.5. The molecule has 1 amide bonds. The first-order valence-electron chi connectivity index (χ1n) is 4.60. The molecule has 78 valence electrons. The molecule has 0 saturated carbocycles. The fraction of sp³-hybridized carbons (Fsp3) is 0.200. The molecule has 0 atom stereocenters. The van der Waals surface area contributed by atoms with Gasteiger partial charge in [-0.15, -0.1) is 11.6 Å². The average molecular weight is 224 g/mol. The van der Waals surface area contributed by atoms with Gasteiger partial charge in [0.1, 0.15) is 0 Å². The van der Waals surface area contributed by atoms with E-state index in [4.69, 9.17) is 11.6 Å². The molecule has 0 aliphatic carbocycles. The molecule has 0 aliphatic rings. The Kier molecular flexibility index (Phi) is 2.87. The summed E-state index contributed by atoms with van der Waals surface area (Å²) in [7, 11) is 0. The average Bonchev–Trinajstić information content (AvgIpc) is 2.69. The van der Waals surface area contributed by atoms with Gasteiger partial charge in [-0.25, -0.2) is 4.79 Å². The van der Waals surface area contributed by atoms with Crippen molar-refractivity contribution in [2.45, 2.75) is 0 Å². The molecule has 0 fully saturated rings. The van der Waals surface area contributed by atoms with Crippen molar-refractivity contribution in [2.24, 2.45) is 0 Å². The first-order valence-corrected chi connectivity index (χ1v) is 5.13. The first-order chi connectivity index (χ1) is 7.33. The number of benzene rings is 1. The van der Waals surface area contributed by atoms with Crippen molar-refractivity contribution in [2.75, 3.05) is 12.4 Å². The number of hydrogen-bond donors (Lipinski definition) is 1. The van der Waals surface area contributed by atoms with E-state index >= 15 is 0 Å². The molecule has 0 aliphatic heterocycles. The summed E-state index contributed by atoms with van der Waals surface area (Å²) in [6.45, 7) is 0.439. The van der Waals surface area contributed by atoms with Gasteiger partial charge in [-0.3, -0.25) is 0 Å². The van der Waals surface area contributed by atoms with Crippen LogP contribution in [0, 0.1) is 0 Å². The van der Waals surface area contributed by atoms with Crippen LogP contribution in [0.25, 0.3) is 10.9 Å². The van der Waals surface area contributed by atoms with Crippen molar-refractivity contribution in [1.82, 2.24) is 15.1 Å². The van der Waals surface area contributed by atoms with Crippen molar-refractivity contribution in [3.63, 3.8) is 0 Å². The number of nitrogens with one attached hydrogen (secondary N) is 1. The van der Waals surface area contributed by atoms with Crippen LogP contribution in [0.1, 0.15) is 0 Å². The lowest BCUT2D eigenvalue weighted by atomic mass is 10.3. The number of fused-ring (bicyclic) bond motifs is 1. The van der Waals surface area contributed by atoms with Gasteiger partial charge in [0.15, 0.2) is 0 Å². The van der Waals surface area contributed by atoms with Gasteiger partial charge in [-0.2, -0.15) is 9.78 Å². The Hall–Kier alpha value is -1.55. The quantitative estimate of drug-likeness (QED) is 0.790. The summed E-state index contributed by atoms with van der Waals surface area (Å²) in [4.78, 5) is 11.6. The summed E-state index contributed by atoms with van der Waals surface area (Å²) in [6.07, 6.45) is 1.66. The molecule has 1 heterocycles. The second kappa shape index (κ2) is 4.31. The van der Waals surface area contributed by atoms with E-state index in [2.05, 4.69) is 10.4 Å². The Bertz CT molecular complexity index is 480. The van der Waals surface area contributed by atoms with E-state index in [1.165, 1.54) is 4.68 Å². The fourth-order valence-electron chi connectivity index (χ4n) is 1.36. The van der Waals surface area contributed by atoms with Crippen LogP contribution in [0.3, 0.4) is 0 Å². The van der Waals surface area contributed by atoms with Crippen LogP contribution >= 0.6 is 11.6 Å². The molecule has 1 aromatic heterocycles. The predicted octanol–water partition coefficient (Wildman–Crippen LogP) is 1.83. The van der Waals surface area contributed by atoms with Crippen molar-refractivity contribution in [3.05, 3.63) is 30.5 Å². The maximum Gasteiger partial charge on any atom is 0.342 e. The van der Waals surface area contributed by atoms with E-state index in [0.29, 0.717) is 12.4 Å². The van der Waals surface area contributed by atoms with E-state index < -0.39 is 0 Å². The van der Waals surface area contributed by atoms with E-state index in [-0.39, 0.29) is 6.03 Å². The number of alkyl halides is 1. The number of carbonyl (C=O) groups excluding carboxylic acids is 1. The molecular formula is C10H10ClN3O. The van der Waals surface area contributed by atoms with Gasteiger partial charge < -0.3 is 5.32 Å². The molecule has 1 aromatic carbocycles. The number of nitrogens with zero attached hydrogens (tertiary/aromatic N) is 2. The largest absolute Gasteiger partial charge is 0.342 e. The van der Waals surface area contributed by atoms with E-state index in [1.54, 1.807) is 6.20 Å². The predicted molar refractivity (Wildman–Crippen MR) is 59.2 cm³/mol. The van der Waals surface area contributed by atoms with Crippen molar-refractivity contribution in [1.29, 1.82) is 0 Å². The fourth-order valence-corrected chi connectivity index (χ4v) is 1.46. The number of carbonyl (C=O) groups is 1. The number of para-hydroxylation sites is 1. The highest BCUT2D eigenvalue weighted by Gasteiger charge is 2.08. The minimum atomic E-state index is -0.253. The molecule has 15 heavy (non-hydrogen) atoms. The van der Waals surface area contributed by atoms with Gasteiger partial charge >= 0.3 is 6.03 Å². The lowest BCUT2D eigenvalue weighted by Gasteiger charge is -2.03. The van der Waals surface area contributed by atoms with Gasteiger partial charge in [-0.1, -0.05) is 18.2 Å². The summed E-state index contributed by atoms with van der Waals surface area (Å²) in [5, 5.41) is 7.61. The van der Waals surface area contributed by atoms with Crippen molar-refractivity contribution < 1.29 is 4.79 Å². The molecule has 0 spiro atoms. The van der Waals surface area contributed by atoms with Crippen LogP contribution in [0.2, 0.25) is 0 Å². The number of hydrogen-bond acceptors (Lipinski definition) is 2. The highest BCUT2D eigenvalue weighted by Crippen LogP contribution is 2.11. The second-order valence-electron chi connectivity index (χ2n) is 3.04. The SMILES string of the molecule is O=C(NCCCl)n1ncc2ccccc21. The molecule has 5 heteroatoms. The lowest BCUT2D eigenvalue weighted by Crippen LogP contribution is -2.30. The minimum Gasteiger partial charge on any atom is -0.335 e. The van der Waals surface area contributed by atoms with Crippen LogP contribution < -0.4 is 5.32 Å². The summed E-state index contributed by atoms with van der Waals surface area (Å²) in [5.41, 5.74) is 0.796. The smallest absolute Gasteiger partial charge is 0.335 e. The van der Waals surface area contributed by atoms with Crippen molar-refractivity contribution in [3.8, 4) is 0 Å². The van der Waals surface area contributed by atoms with E-state index in [9.17, 15) is 4.79 Å². The molecular weight excluding hydrogens is 214 g/mol. The Labute approximate surface area is 91.8 Å². The number of amides is 1. The summed E-state index contributed by atoms with van der Waals surface area (Å²) in [5.74, 6) is 0.394. The highest BCUT2D eigenvalue weighted by atomic mass is 35.5. The monoisotopic (exact) mass is 223 g/mol. The molecule has 1 N–H and O–H groups in total. The zero-order valence-electron chi connectivity index (χ0n) is 7.98. The van der Waals surface area contributed by atoms with Crippen LogP contribution in [0.5, 0.6) is 0 Å². The van der Waals surface area contributed by atoms with Gasteiger partial charge in [0.25, 0.3) is 0 Å². The Morgan fingerprint density at radius 2 is 2.27 bits per heavy atom. The molecule has 0 radical (unpaired) electrons. The third-order valence-electron chi connectivity index (χ3n) is 2.04. The van der Waals surface area contributed by atoms with Crippen LogP contribution in [0.15, 0.2) is 30.5 Å². The number of halogens is 1. The summed E-state index contributed by atoms with van der Waals surface area (Å²) in [6, 6.07) is 7.29. The Morgan fingerprint density at radius 1 is 1.47 bits per heavy atom. The van der Waals surface area contributed by atoms with Crippen LogP contribution in [-0.2, 0) is 0 Å². The lowest BCUT2D eigenvalue weighted by molar-refractivity contribution is 0.241. The topological polar surface area (TPSA) is 46.9 Å². The molecule has 2 aromatic rings. The van der Waals surface area contributed by atoms with Crippen LogP contribution in [0.4, 0.5) is 4.79 Å². The molecule has 4 nitrogen and oxygen atoms in total. The number of rotatable bonds is 2. The second-order valence-corrected chi connectivity index (χ2v) is 3.41. The van der Waals surface area contributed by atoms with E-state index in [0.717, 1.165) is 10.9 Å². The maximum absolute atomic E-state index is 11.6. The standard InChI is InChI=1S/C10H10ClN3O/c11-5-6-12-10(15)14-9-4-2-1-3-8(9)7-13-14/h1-4,7H,5-6H2,(H,12,15). The highest BCUT2D eigenvalue weighted by molar-refractivity contribution is 6.18. The molecule has 2 rings (SSSR count). The zero-order valence-corrected chi connectivity index (χ0v) is 8.74. The third kappa shape index (κ3) is 1.94. The first kappa shape index (κ1) is 9.98. The van der Waals surface area contributed by atoms with Crippen LogP contribution in [-0.4, -0.2) is 28.2 Å². The zero-order chi connectivity index (χ0) is 10.7. The van der Waals surface area contributed by atoms with Gasteiger partial charge in [0, 0.05) is 17.8 Å². The molecule has 0 saturated heterocycles. The Balaban J connectivity index is 2.31. The van der Waals surface area contributed by atoms with Gasteiger partial charge in [0.05, 0.1) is 11.7 Å². The summed E-state index contributed by atoms with van der Waals surface area (Å²) >= 11 is 5.48. The summed E-state index contributed by atoms with van der Waals surface area (Å²) < 4.78 is 1.34. The van der Waals surface area contributed by atoms with Gasteiger partial charge in [-0.05, 0) is 6.07 Å². The van der Waals surface area contributed by atoms with Gasteiger partial charge in [0.2, 0.25) is 0 Å². The minimum absolute atomic E-state index is 0.253. The molecule has 0 unspecified atom stereocenters. The van der Waals surface area contributed by atoms with Crippen molar-refractivity contribution >= 4 is 28.5 Å².